The van der Waals surface area contributed by atoms with E-state index in [0.717, 1.165) is 11.1 Å². The molecule has 0 N–H and O–H groups in total. The fourth-order valence-corrected chi connectivity index (χ4v) is 1.59. The van der Waals surface area contributed by atoms with Gasteiger partial charge in [-0.1, -0.05) is 11.6 Å². The van der Waals surface area contributed by atoms with Crippen LogP contribution < -0.4 is 4.90 Å². The van der Waals surface area contributed by atoms with Crippen LogP contribution in [0.4, 0.5) is 18.9 Å². The molecule has 1 aromatic rings. The molecule has 0 atom stereocenters. The molecule has 0 fully saturated rings. The Hall–Kier alpha value is -2.02. The van der Waals surface area contributed by atoms with Crippen molar-refractivity contribution in [1.82, 2.24) is 0 Å². The number of carbonyl (C=O) groups is 2. The van der Waals surface area contributed by atoms with Crippen LogP contribution in [0.1, 0.15) is 6.92 Å². The van der Waals surface area contributed by atoms with Crippen molar-refractivity contribution in [2.75, 3.05) is 18.1 Å². The van der Waals surface area contributed by atoms with Crippen LogP contribution in [0.2, 0.25) is 5.02 Å². The summed E-state index contributed by atoms with van der Waals surface area (Å²) in [7, 11) is 0. The third kappa shape index (κ3) is 5.77. The van der Waals surface area contributed by atoms with E-state index in [2.05, 4.69) is 0 Å². The standard InChI is InChI=1S/C14H13ClF3NO3/c1-2-22-13(21)9-19(8-7-12(20)14(16,17)18)11-5-3-10(15)4-6-11/h3-8H,2,9H2,1H3/b8-7+. The van der Waals surface area contributed by atoms with Gasteiger partial charge in [-0.05, 0) is 31.2 Å². The fraction of sp³-hybridized carbons (Fsp3) is 0.286. The number of halogens is 4. The summed E-state index contributed by atoms with van der Waals surface area (Å²) in [4.78, 5) is 23.6. The van der Waals surface area contributed by atoms with Gasteiger partial charge in [-0.25, -0.2) is 0 Å². The summed E-state index contributed by atoms with van der Waals surface area (Å²) in [6.07, 6.45) is -3.73. The molecule has 0 heterocycles. The molecular formula is C14H13ClF3NO3. The van der Waals surface area contributed by atoms with Crippen molar-refractivity contribution in [1.29, 1.82) is 0 Å². The Bertz CT molecular complexity index is 555. The Labute approximate surface area is 130 Å². The maximum atomic E-state index is 12.2. The molecule has 1 aromatic carbocycles. The third-order valence-corrected chi connectivity index (χ3v) is 2.70. The quantitative estimate of drug-likeness (QED) is 0.591. The Kier molecular flexibility index (Phi) is 6.42. The van der Waals surface area contributed by atoms with Crippen LogP contribution in [-0.2, 0) is 14.3 Å². The predicted octanol–water partition coefficient (Wildman–Crippen LogP) is 3.35. The number of esters is 1. The zero-order valence-corrected chi connectivity index (χ0v) is 12.3. The number of alkyl halides is 3. The fourth-order valence-electron chi connectivity index (χ4n) is 1.46. The highest BCUT2D eigenvalue weighted by atomic mass is 35.5. The molecule has 0 aliphatic heterocycles. The first-order chi connectivity index (χ1) is 10.2. The molecule has 0 unspecified atom stereocenters. The van der Waals surface area contributed by atoms with E-state index in [1.807, 2.05) is 0 Å². The average Bonchev–Trinajstić information content (AvgIpc) is 2.43. The minimum Gasteiger partial charge on any atom is -0.465 e. The normalized spacial score (nSPS) is 11.5. The minimum absolute atomic E-state index is 0.137. The summed E-state index contributed by atoms with van der Waals surface area (Å²) in [5, 5.41) is 0.426. The van der Waals surface area contributed by atoms with Gasteiger partial charge in [0.25, 0.3) is 5.78 Å². The van der Waals surface area contributed by atoms with Crippen LogP contribution in [0.15, 0.2) is 36.5 Å². The Morgan fingerprint density at radius 3 is 2.36 bits per heavy atom. The largest absolute Gasteiger partial charge is 0.465 e. The molecular weight excluding hydrogens is 323 g/mol. The van der Waals surface area contributed by atoms with Crippen LogP contribution in [0.25, 0.3) is 0 Å². The monoisotopic (exact) mass is 335 g/mol. The molecule has 0 aliphatic carbocycles. The van der Waals surface area contributed by atoms with Crippen molar-refractivity contribution >= 4 is 29.0 Å². The molecule has 0 spiro atoms. The first kappa shape index (κ1) is 18.0. The van der Waals surface area contributed by atoms with E-state index >= 15 is 0 Å². The maximum absolute atomic E-state index is 12.2. The van der Waals surface area contributed by atoms with Gasteiger partial charge in [0.1, 0.15) is 6.54 Å². The molecule has 4 nitrogen and oxygen atoms in total. The van der Waals surface area contributed by atoms with Crippen LogP contribution in [0.5, 0.6) is 0 Å². The van der Waals surface area contributed by atoms with Crippen molar-refractivity contribution in [3.05, 3.63) is 41.6 Å². The predicted molar refractivity (Wildman–Crippen MR) is 75.6 cm³/mol. The second-order valence-electron chi connectivity index (χ2n) is 4.09. The van der Waals surface area contributed by atoms with Gasteiger partial charge >= 0.3 is 12.1 Å². The van der Waals surface area contributed by atoms with Crippen molar-refractivity contribution in [2.24, 2.45) is 0 Å². The van der Waals surface area contributed by atoms with Gasteiger partial charge in [0.15, 0.2) is 0 Å². The summed E-state index contributed by atoms with van der Waals surface area (Å²) in [5.41, 5.74) is 0.392. The molecule has 120 valence electrons. The topological polar surface area (TPSA) is 46.6 Å². The van der Waals surface area contributed by atoms with Gasteiger partial charge in [-0.3, -0.25) is 9.59 Å². The summed E-state index contributed by atoms with van der Waals surface area (Å²) < 4.78 is 41.4. The number of ether oxygens (including phenoxy) is 1. The Balaban J connectivity index is 2.96. The highest BCUT2D eigenvalue weighted by Gasteiger charge is 2.36. The van der Waals surface area contributed by atoms with Crippen LogP contribution >= 0.6 is 11.6 Å². The van der Waals surface area contributed by atoms with Crippen LogP contribution in [-0.4, -0.2) is 31.1 Å². The molecule has 8 heteroatoms. The number of anilines is 1. The van der Waals surface area contributed by atoms with Crippen molar-refractivity contribution in [3.8, 4) is 0 Å². The van der Waals surface area contributed by atoms with E-state index in [4.69, 9.17) is 16.3 Å². The van der Waals surface area contributed by atoms with Crippen LogP contribution in [0, 0.1) is 0 Å². The zero-order chi connectivity index (χ0) is 16.8. The average molecular weight is 336 g/mol. The van der Waals surface area contributed by atoms with Crippen molar-refractivity contribution in [2.45, 2.75) is 13.1 Å². The lowest BCUT2D eigenvalue weighted by Gasteiger charge is -2.19. The second-order valence-corrected chi connectivity index (χ2v) is 4.52. The van der Waals surface area contributed by atoms with Gasteiger partial charge in [-0.2, -0.15) is 13.2 Å². The van der Waals surface area contributed by atoms with Crippen LogP contribution in [0.3, 0.4) is 0 Å². The number of rotatable bonds is 6. The molecule has 0 aliphatic rings. The lowest BCUT2D eigenvalue weighted by molar-refractivity contribution is -0.165. The smallest absolute Gasteiger partial charge is 0.454 e. The number of benzene rings is 1. The number of ketones is 1. The summed E-state index contributed by atoms with van der Waals surface area (Å²) in [5.74, 6) is -2.66. The lowest BCUT2D eigenvalue weighted by atomic mass is 10.3. The Morgan fingerprint density at radius 2 is 1.86 bits per heavy atom. The summed E-state index contributed by atoms with van der Waals surface area (Å²) in [6.45, 7) is 1.41. The molecule has 22 heavy (non-hydrogen) atoms. The molecule has 0 saturated carbocycles. The lowest BCUT2D eigenvalue weighted by Crippen LogP contribution is -2.27. The minimum atomic E-state index is -4.97. The number of hydrogen-bond donors (Lipinski definition) is 0. The van der Waals surface area contributed by atoms with Gasteiger partial charge in [0.05, 0.1) is 6.61 Å². The van der Waals surface area contributed by atoms with E-state index < -0.39 is 17.9 Å². The summed E-state index contributed by atoms with van der Waals surface area (Å²) in [6, 6.07) is 6.02. The van der Waals surface area contributed by atoms with Crippen molar-refractivity contribution in [3.63, 3.8) is 0 Å². The molecule has 1 rings (SSSR count). The van der Waals surface area contributed by atoms with Crippen molar-refractivity contribution < 1.29 is 27.5 Å². The van der Waals surface area contributed by atoms with Gasteiger partial charge in [0.2, 0.25) is 0 Å². The number of hydrogen-bond acceptors (Lipinski definition) is 4. The van der Waals surface area contributed by atoms with Gasteiger partial charge in [-0.15, -0.1) is 0 Å². The molecule has 0 amide bonds. The second kappa shape index (κ2) is 7.84. The molecule has 0 aromatic heterocycles. The molecule has 0 radical (unpaired) electrons. The van der Waals surface area contributed by atoms with E-state index in [1.54, 1.807) is 6.92 Å². The first-order valence-electron chi connectivity index (χ1n) is 6.21. The SMILES string of the molecule is CCOC(=O)CN(/C=C/C(=O)C(F)(F)F)c1ccc(Cl)cc1. The third-order valence-electron chi connectivity index (χ3n) is 2.45. The number of carbonyl (C=O) groups excluding carboxylic acids is 2. The van der Waals surface area contributed by atoms with Gasteiger partial charge in [0, 0.05) is 23.0 Å². The molecule has 0 bridgehead atoms. The molecule has 0 saturated heterocycles. The van der Waals surface area contributed by atoms with E-state index in [9.17, 15) is 22.8 Å². The highest BCUT2D eigenvalue weighted by molar-refractivity contribution is 6.30. The highest BCUT2D eigenvalue weighted by Crippen LogP contribution is 2.20. The van der Waals surface area contributed by atoms with E-state index in [0.29, 0.717) is 16.8 Å². The number of nitrogens with zero attached hydrogens (tertiary/aromatic N) is 1. The summed E-state index contributed by atoms with van der Waals surface area (Å²) >= 11 is 5.73. The van der Waals surface area contributed by atoms with E-state index in [-0.39, 0.29) is 13.2 Å². The van der Waals surface area contributed by atoms with Gasteiger partial charge < -0.3 is 9.64 Å². The zero-order valence-electron chi connectivity index (χ0n) is 11.6. The first-order valence-corrected chi connectivity index (χ1v) is 6.59. The number of allylic oxidation sites excluding steroid dienone is 1. The van der Waals surface area contributed by atoms with E-state index in [1.165, 1.54) is 24.3 Å². The maximum Gasteiger partial charge on any atom is 0.454 e. The Morgan fingerprint density at radius 1 is 1.27 bits per heavy atom.